The summed E-state index contributed by atoms with van der Waals surface area (Å²) in [6.45, 7) is 0. The molecule has 0 radical (unpaired) electrons. The van der Waals surface area contributed by atoms with Crippen LogP contribution in [-0.4, -0.2) is 19.3 Å². The molecule has 0 aliphatic rings. The molecule has 0 unspecified atom stereocenters. The monoisotopic (exact) mass is 236 g/mol. The van der Waals surface area contributed by atoms with Crippen molar-refractivity contribution in [3.63, 3.8) is 0 Å². The van der Waals surface area contributed by atoms with Crippen molar-refractivity contribution in [3.05, 3.63) is 42.0 Å². The van der Waals surface area contributed by atoms with E-state index in [9.17, 15) is 13.2 Å². The molecule has 0 spiro atoms. The molecule has 2 aromatic carbocycles. The van der Waals surface area contributed by atoms with E-state index in [1.807, 2.05) is 0 Å². The second-order valence-corrected chi connectivity index (χ2v) is 4.68. The Bertz CT molecular complexity index is 659. The molecule has 5 heteroatoms. The third-order valence-electron chi connectivity index (χ3n) is 2.32. The number of rotatable bonds is 2. The molecule has 0 aliphatic carbocycles. The van der Waals surface area contributed by atoms with Crippen LogP contribution in [0.4, 0.5) is 0 Å². The molecule has 0 saturated heterocycles. The largest absolute Gasteiger partial charge is 0.298 e. The van der Waals surface area contributed by atoms with Gasteiger partial charge in [-0.1, -0.05) is 30.3 Å². The van der Waals surface area contributed by atoms with E-state index in [1.54, 1.807) is 24.3 Å². The van der Waals surface area contributed by atoms with Crippen LogP contribution in [0.2, 0.25) is 0 Å². The van der Waals surface area contributed by atoms with Crippen molar-refractivity contribution in [3.8, 4) is 0 Å². The van der Waals surface area contributed by atoms with E-state index in [4.69, 9.17) is 4.55 Å². The molecular formula is C11H8O4S. The third-order valence-corrected chi connectivity index (χ3v) is 3.23. The quantitative estimate of drug-likeness (QED) is 0.638. The average molecular weight is 236 g/mol. The van der Waals surface area contributed by atoms with Gasteiger partial charge in [-0.25, -0.2) is 0 Å². The van der Waals surface area contributed by atoms with E-state index in [0.29, 0.717) is 22.6 Å². The van der Waals surface area contributed by atoms with E-state index >= 15 is 0 Å². The molecule has 82 valence electrons. The number of benzene rings is 2. The molecule has 4 nitrogen and oxygen atoms in total. The van der Waals surface area contributed by atoms with Crippen LogP contribution in [0, 0.1) is 0 Å². The Hall–Kier alpha value is -1.72. The standard InChI is InChI=1S/C11H8O4S/c12-7-8-3-1-5-10-9(8)4-2-6-11(10)16(13,14)15/h1-7H,(H,13,14,15). The van der Waals surface area contributed by atoms with Gasteiger partial charge in [-0.15, -0.1) is 0 Å². The molecule has 0 bridgehead atoms. The van der Waals surface area contributed by atoms with Crippen molar-refractivity contribution in [2.75, 3.05) is 0 Å². The van der Waals surface area contributed by atoms with E-state index in [2.05, 4.69) is 0 Å². The van der Waals surface area contributed by atoms with E-state index in [-0.39, 0.29) is 4.90 Å². The van der Waals surface area contributed by atoms with Crippen LogP contribution < -0.4 is 0 Å². The molecule has 2 rings (SSSR count). The van der Waals surface area contributed by atoms with Crippen LogP contribution in [0.5, 0.6) is 0 Å². The second kappa shape index (κ2) is 3.70. The summed E-state index contributed by atoms with van der Waals surface area (Å²) in [5.74, 6) is 0. The highest BCUT2D eigenvalue weighted by Crippen LogP contribution is 2.24. The first-order valence-corrected chi connectivity index (χ1v) is 5.92. The minimum Gasteiger partial charge on any atom is -0.298 e. The topological polar surface area (TPSA) is 71.4 Å². The van der Waals surface area contributed by atoms with Crippen LogP contribution >= 0.6 is 0 Å². The van der Waals surface area contributed by atoms with Gasteiger partial charge in [0.1, 0.15) is 4.90 Å². The molecule has 0 heterocycles. The molecular weight excluding hydrogens is 228 g/mol. The number of fused-ring (bicyclic) bond motifs is 1. The summed E-state index contributed by atoms with van der Waals surface area (Å²) in [7, 11) is -4.27. The summed E-state index contributed by atoms with van der Waals surface area (Å²) in [6.07, 6.45) is 0.649. The van der Waals surface area contributed by atoms with E-state index in [0.717, 1.165) is 0 Å². The third kappa shape index (κ3) is 1.70. The summed E-state index contributed by atoms with van der Waals surface area (Å²) >= 11 is 0. The number of hydrogen-bond donors (Lipinski definition) is 1. The predicted octanol–water partition coefficient (Wildman–Crippen LogP) is 1.90. The maximum absolute atomic E-state index is 11.1. The maximum Gasteiger partial charge on any atom is 0.295 e. The number of carbonyl (C=O) groups excluding carboxylic acids is 1. The van der Waals surface area contributed by atoms with Crippen LogP contribution in [0.15, 0.2) is 41.3 Å². The molecule has 0 aromatic heterocycles. The van der Waals surface area contributed by atoms with Gasteiger partial charge in [-0.2, -0.15) is 8.42 Å². The van der Waals surface area contributed by atoms with Crippen molar-refractivity contribution in [2.24, 2.45) is 0 Å². The molecule has 1 N–H and O–H groups in total. The lowest BCUT2D eigenvalue weighted by Crippen LogP contribution is -1.99. The highest BCUT2D eigenvalue weighted by molar-refractivity contribution is 7.86. The van der Waals surface area contributed by atoms with Gasteiger partial charge in [0, 0.05) is 10.9 Å². The lowest BCUT2D eigenvalue weighted by Gasteiger charge is -2.04. The number of hydrogen-bond acceptors (Lipinski definition) is 3. The molecule has 0 aliphatic heterocycles. The molecule has 0 fully saturated rings. The Kier molecular flexibility index (Phi) is 2.49. The van der Waals surface area contributed by atoms with Gasteiger partial charge in [0.15, 0.2) is 6.29 Å². The Morgan fingerprint density at radius 3 is 2.25 bits per heavy atom. The van der Waals surface area contributed by atoms with Crippen LogP contribution in [0.25, 0.3) is 10.8 Å². The highest BCUT2D eigenvalue weighted by Gasteiger charge is 2.14. The van der Waals surface area contributed by atoms with Gasteiger partial charge >= 0.3 is 0 Å². The van der Waals surface area contributed by atoms with Crippen LogP contribution in [0.1, 0.15) is 10.4 Å². The first-order valence-electron chi connectivity index (χ1n) is 4.48. The van der Waals surface area contributed by atoms with Gasteiger partial charge in [0.2, 0.25) is 0 Å². The summed E-state index contributed by atoms with van der Waals surface area (Å²) < 4.78 is 31.3. The normalized spacial score (nSPS) is 11.6. The zero-order valence-electron chi connectivity index (χ0n) is 8.12. The smallest absolute Gasteiger partial charge is 0.295 e. The number of carbonyl (C=O) groups is 1. The summed E-state index contributed by atoms with van der Waals surface area (Å²) in [5.41, 5.74) is 0.392. The molecule has 0 atom stereocenters. The fourth-order valence-corrected chi connectivity index (χ4v) is 2.34. The lowest BCUT2D eigenvalue weighted by molar-refractivity contribution is 0.112. The summed E-state index contributed by atoms with van der Waals surface area (Å²) in [6, 6.07) is 9.12. The first-order chi connectivity index (χ1) is 7.54. The van der Waals surface area contributed by atoms with Gasteiger partial charge in [-0.3, -0.25) is 9.35 Å². The maximum atomic E-state index is 11.1. The van der Waals surface area contributed by atoms with Crippen molar-refractivity contribution in [2.45, 2.75) is 4.90 Å². The van der Waals surface area contributed by atoms with Crippen molar-refractivity contribution in [1.82, 2.24) is 0 Å². The van der Waals surface area contributed by atoms with Crippen molar-refractivity contribution in [1.29, 1.82) is 0 Å². The Balaban J connectivity index is 2.95. The van der Waals surface area contributed by atoms with Crippen LogP contribution in [0.3, 0.4) is 0 Å². The zero-order valence-corrected chi connectivity index (χ0v) is 8.94. The van der Waals surface area contributed by atoms with E-state index in [1.165, 1.54) is 12.1 Å². The Labute approximate surface area is 92.3 Å². The first kappa shape index (κ1) is 10.8. The summed E-state index contributed by atoms with van der Waals surface area (Å²) in [5, 5.41) is 0.849. The van der Waals surface area contributed by atoms with Crippen LogP contribution in [-0.2, 0) is 10.1 Å². The lowest BCUT2D eigenvalue weighted by atomic mass is 10.1. The molecule has 0 amide bonds. The van der Waals surface area contributed by atoms with Crippen molar-refractivity contribution < 1.29 is 17.8 Å². The average Bonchev–Trinajstić information content (AvgIpc) is 2.26. The fraction of sp³-hybridized carbons (Fsp3) is 0. The second-order valence-electron chi connectivity index (χ2n) is 3.29. The highest BCUT2D eigenvalue weighted by atomic mass is 32.2. The fourth-order valence-electron chi connectivity index (χ4n) is 1.63. The van der Waals surface area contributed by atoms with Gasteiger partial charge in [0.25, 0.3) is 10.1 Å². The minimum atomic E-state index is -4.27. The van der Waals surface area contributed by atoms with Gasteiger partial charge < -0.3 is 0 Å². The predicted molar refractivity (Wildman–Crippen MR) is 59.2 cm³/mol. The van der Waals surface area contributed by atoms with Gasteiger partial charge in [0.05, 0.1) is 0 Å². The minimum absolute atomic E-state index is 0.186. The Morgan fingerprint density at radius 1 is 1.00 bits per heavy atom. The molecule has 2 aromatic rings. The van der Waals surface area contributed by atoms with Crippen molar-refractivity contribution >= 4 is 27.2 Å². The number of aldehydes is 1. The summed E-state index contributed by atoms with van der Waals surface area (Å²) in [4.78, 5) is 10.6. The van der Waals surface area contributed by atoms with E-state index < -0.39 is 10.1 Å². The molecule has 16 heavy (non-hydrogen) atoms. The van der Waals surface area contributed by atoms with Gasteiger partial charge in [-0.05, 0) is 11.5 Å². The molecule has 0 saturated carbocycles. The zero-order chi connectivity index (χ0) is 11.8. The SMILES string of the molecule is O=Cc1cccc2c(S(=O)(=O)O)cccc12. The Morgan fingerprint density at radius 2 is 1.62 bits per heavy atom.